The van der Waals surface area contributed by atoms with Crippen LogP contribution >= 0.6 is 0 Å². The Labute approximate surface area is 163 Å². The minimum atomic E-state index is -5.08. The number of anilines is 1. The van der Waals surface area contributed by atoms with Crippen molar-refractivity contribution in [2.45, 2.75) is 37.5 Å². The third kappa shape index (κ3) is 5.39. The number of rotatable bonds is 3. The number of halogens is 3. The van der Waals surface area contributed by atoms with Gasteiger partial charge in [-0.05, 0) is 43.0 Å². The van der Waals surface area contributed by atoms with Crippen molar-refractivity contribution < 1.29 is 27.9 Å². The number of nitrogen functional groups attached to an aromatic ring is 1. The van der Waals surface area contributed by atoms with Gasteiger partial charge >= 0.3 is 12.1 Å². The predicted octanol–water partition coefficient (Wildman–Crippen LogP) is 1.77. The first-order chi connectivity index (χ1) is 13.5. The van der Waals surface area contributed by atoms with Gasteiger partial charge < -0.3 is 26.5 Å². The molecular weight excluding hydrogens is 391 g/mol. The lowest BCUT2D eigenvalue weighted by Gasteiger charge is -2.23. The number of carbonyl (C=O) groups excluding carboxylic acids is 1. The van der Waals surface area contributed by atoms with Gasteiger partial charge in [0.05, 0.1) is 12.1 Å². The first kappa shape index (κ1) is 22.0. The highest BCUT2D eigenvalue weighted by atomic mass is 19.4. The smallest absolute Gasteiger partial charge is 0.475 e. The Morgan fingerprint density at radius 3 is 2.66 bits per heavy atom. The van der Waals surface area contributed by atoms with Gasteiger partial charge in [-0.1, -0.05) is 0 Å². The standard InChI is InChI=1S/C16H19N5O.C2HF3O2/c17-8-12-2-1-5-21(12)16(22)14(19)6-10-9-20-15-4-3-11(18)7-13(10)15;3-2(4,5)1(6)7/h3-4,7,9,12,14,20H,1-2,5-6,18-19H2;(H,6,7). The van der Waals surface area contributed by atoms with E-state index in [1.54, 1.807) is 4.90 Å². The number of carboxylic acid groups (broad SMARTS) is 1. The molecule has 1 aliphatic heterocycles. The molecule has 1 aromatic heterocycles. The number of aromatic nitrogens is 1. The number of nitrogens with zero attached hydrogens (tertiary/aromatic N) is 2. The number of amides is 1. The number of aliphatic carboxylic acids is 1. The summed E-state index contributed by atoms with van der Waals surface area (Å²) in [6, 6.07) is 6.81. The minimum absolute atomic E-state index is 0.151. The van der Waals surface area contributed by atoms with E-state index in [-0.39, 0.29) is 11.9 Å². The van der Waals surface area contributed by atoms with Crippen LogP contribution in [-0.4, -0.2) is 51.7 Å². The highest BCUT2D eigenvalue weighted by molar-refractivity contribution is 5.88. The predicted molar refractivity (Wildman–Crippen MR) is 98.4 cm³/mol. The average molecular weight is 411 g/mol. The largest absolute Gasteiger partial charge is 0.490 e. The van der Waals surface area contributed by atoms with Crippen LogP contribution in [0.2, 0.25) is 0 Å². The Balaban J connectivity index is 0.000000370. The zero-order valence-corrected chi connectivity index (χ0v) is 15.2. The van der Waals surface area contributed by atoms with Gasteiger partial charge in [0, 0.05) is 29.3 Å². The number of carboxylic acids is 1. The monoisotopic (exact) mass is 411 g/mol. The summed E-state index contributed by atoms with van der Waals surface area (Å²) in [5.74, 6) is -2.91. The number of fused-ring (bicyclic) bond motifs is 1. The summed E-state index contributed by atoms with van der Waals surface area (Å²) in [7, 11) is 0. The van der Waals surface area contributed by atoms with Crippen LogP contribution in [0.3, 0.4) is 0 Å². The summed E-state index contributed by atoms with van der Waals surface area (Å²) < 4.78 is 31.7. The molecule has 1 fully saturated rings. The zero-order chi connectivity index (χ0) is 21.8. The van der Waals surface area contributed by atoms with E-state index in [1.807, 2.05) is 24.4 Å². The number of H-pyrrole nitrogens is 1. The van der Waals surface area contributed by atoms with Crippen molar-refractivity contribution in [1.82, 2.24) is 9.88 Å². The van der Waals surface area contributed by atoms with E-state index in [1.165, 1.54) is 0 Å². The quantitative estimate of drug-likeness (QED) is 0.566. The molecule has 11 heteroatoms. The maximum Gasteiger partial charge on any atom is 0.490 e. The summed E-state index contributed by atoms with van der Waals surface area (Å²) >= 11 is 0. The number of carbonyl (C=O) groups is 2. The topological polar surface area (TPSA) is 149 Å². The summed E-state index contributed by atoms with van der Waals surface area (Å²) in [6.45, 7) is 0.617. The zero-order valence-electron chi connectivity index (χ0n) is 15.2. The molecule has 2 unspecified atom stereocenters. The molecule has 1 saturated heterocycles. The van der Waals surface area contributed by atoms with Gasteiger partial charge in [-0.15, -0.1) is 0 Å². The van der Waals surface area contributed by atoms with E-state index in [2.05, 4.69) is 11.1 Å². The summed E-state index contributed by atoms with van der Waals surface area (Å²) in [5, 5.41) is 17.2. The third-order valence-electron chi connectivity index (χ3n) is 4.48. The van der Waals surface area contributed by atoms with E-state index in [0.29, 0.717) is 18.7 Å². The molecule has 2 heterocycles. The molecule has 2 aromatic rings. The van der Waals surface area contributed by atoms with Crippen molar-refractivity contribution in [1.29, 1.82) is 5.26 Å². The molecule has 156 valence electrons. The van der Waals surface area contributed by atoms with Crippen molar-refractivity contribution in [3.63, 3.8) is 0 Å². The summed E-state index contributed by atoms with van der Waals surface area (Å²) in [5.41, 5.74) is 14.5. The van der Waals surface area contributed by atoms with E-state index < -0.39 is 18.2 Å². The Bertz CT molecular complexity index is 935. The SMILES string of the molecule is N#CC1CCCN1C(=O)C(N)Cc1c[nH]c2ccc(N)cc12.O=C(O)C(F)(F)F. The molecule has 0 bridgehead atoms. The second-order valence-electron chi connectivity index (χ2n) is 6.55. The Kier molecular flexibility index (Phi) is 6.71. The average Bonchev–Trinajstić information content (AvgIpc) is 3.27. The number of nitrogens with one attached hydrogen (secondary N) is 1. The Morgan fingerprint density at radius 2 is 2.07 bits per heavy atom. The third-order valence-corrected chi connectivity index (χ3v) is 4.48. The van der Waals surface area contributed by atoms with Crippen LogP contribution in [0.5, 0.6) is 0 Å². The van der Waals surface area contributed by atoms with Crippen LogP contribution in [0.25, 0.3) is 10.9 Å². The lowest BCUT2D eigenvalue weighted by atomic mass is 10.0. The normalized spacial score (nSPS) is 17.3. The van der Waals surface area contributed by atoms with Crippen molar-refractivity contribution >= 4 is 28.5 Å². The van der Waals surface area contributed by atoms with Crippen LogP contribution < -0.4 is 11.5 Å². The van der Waals surface area contributed by atoms with Gasteiger partial charge in [0.25, 0.3) is 0 Å². The fraction of sp³-hybridized carbons (Fsp3) is 0.389. The first-order valence-electron chi connectivity index (χ1n) is 8.66. The van der Waals surface area contributed by atoms with Gasteiger partial charge in [-0.2, -0.15) is 18.4 Å². The fourth-order valence-corrected chi connectivity index (χ4v) is 3.07. The molecule has 3 rings (SSSR count). The molecule has 1 aromatic carbocycles. The first-order valence-corrected chi connectivity index (χ1v) is 8.66. The molecule has 29 heavy (non-hydrogen) atoms. The van der Waals surface area contributed by atoms with Gasteiger partial charge in [-0.25, -0.2) is 4.79 Å². The molecular formula is C18H20F3N5O3. The van der Waals surface area contributed by atoms with E-state index in [9.17, 15) is 18.0 Å². The van der Waals surface area contributed by atoms with E-state index >= 15 is 0 Å². The number of hydrogen-bond donors (Lipinski definition) is 4. The molecule has 0 saturated carbocycles. The van der Waals surface area contributed by atoms with E-state index in [0.717, 1.165) is 29.3 Å². The molecule has 0 radical (unpaired) electrons. The summed E-state index contributed by atoms with van der Waals surface area (Å²) in [6.07, 6.45) is -1.20. The molecule has 8 nitrogen and oxygen atoms in total. The van der Waals surface area contributed by atoms with Crippen LogP contribution in [0.15, 0.2) is 24.4 Å². The highest BCUT2D eigenvalue weighted by Crippen LogP contribution is 2.23. The maximum absolute atomic E-state index is 12.5. The van der Waals surface area contributed by atoms with Gasteiger partial charge in [0.1, 0.15) is 6.04 Å². The van der Waals surface area contributed by atoms with Gasteiger partial charge in [0.2, 0.25) is 5.91 Å². The molecule has 6 N–H and O–H groups in total. The minimum Gasteiger partial charge on any atom is -0.475 e. The van der Waals surface area contributed by atoms with Crippen molar-refractivity contribution in [2.75, 3.05) is 12.3 Å². The number of nitrogens with two attached hydrogens (primary N) is 2. The number of benzene rings is 1. The Hall–Kier alpha value is -3.26. The second kappa shape index (κ2) is 8.83. The maximum atomic E-state index is 12.5. The van der Waals surface area contributed by atoms with Crippen LogP contribution in [0.4, 0.5) is 18.9 Å². The van der Waals surface area contributed by atoms with Crippen LogP contribution in [0.1, 0.15) is 18.4 Å². The van der Waals surface area contributed by atoms with Crippen molar-refractivity contribution in [3.8, 4) is 6.07 Å². The van der Waals surface area contributed by atoms with Gasteiger partial charge in [-0.3, -0.25) is 4.79 Å². The highest BCUT2D eigenvalue weighted by Gasteiger charge is 2.38. The van der Waals surface area contributed by atoms with Crippen LogP contribution in [-0.2, 0) is 16.0 Å². The van der Waals surface area contributed by atoms with Crippen molar-refractivity contribution in [2.24, 2.45) is 5.73 Å². The lowest BCUT2D eigenvalue weighted by molar-refractivity contribution is -0.192. The Morgan fingerprint density at radius 1 is 1.41 bits per heavy atom. The van der Waals surface area contributed by atoms with E-state index in [4.69, 9.17) is 26.6 Å². The van der Waals surface area contributed by atoms with Crippen LogP contribution in [0, 0.1) is 11.3 Å². The number of aromatic amines is 1. The van der Waals surface area contributed by atoms with Crippen molar-refractivity contribution in [3.05, 3.63) is 30.0 Å². The second-order valence-corrected chi connectivity index (χ2v) is 6.55. The summed E-state index contributed by atoms with van der Waals surface area (Å²) in [4.78, 5) is 26.1. The fourth-order valence-electron chi connectivity index (χ4n) is 3.07. The molecule has 2 atom stereocenters. The number of hydrogen-bond acceptors (Lipinski definition) is 5. The number of alkyl halides is 3. The number of nitriles is 1. The van der Waals surface area contributed by atoms with Gasteiger partial charge in [0.15, 0.2) is 0 Å². The lowest BCUT2D eigenvalue weighted by Crippen LogP contribution is -2.46. The number of likely N-dealkylation sites (tertiary alicyclic amines) is 1. The molecule has 1 amide bonds. The molecule has 0 spiro atoms. The molecule has 1 aliphatic rings. The molecule has 0 aliphatic carbocycles.